The van der Waals surface area contributed by atoms with Crippen molar-refractivity contribution in [1.82, 2.24) is 10.2 Å². The zero-order chi connectivity index (χ0) is 26.6. The number of hydrogen-bond acceptors (Lipinski definition) is 4. The van der Waals surface area contributed by atoms with Crippen LogP contribution in [-0.4, -0.2) is 49.5 Å². The third-order valence-electron chi connectivity index (χ3n) is 5.29. The monoisotopic (exact) mass is 585 g/mol. The number of rotatable bonds is 9. The molecular formula is C25H33BrClN3O4S. The highest BCUT2D eigenvalue weighted by molar-refractivity contribution is 9.10. The van der Waals surface area contributed by atoms with Crippen LogP contribution in [0.5, 0.6) is 0 Å². The van der Waals surface area contributed by atoms with E-state index in [1.54, 1.807) is 42.5 Å². The molecule has 0 heterocycles. The fraction of sp³-hybridized carbons (Fsp3) is 0.440. The molecule has 2 aromatic rings. The summed E-state index contributed by atoms with van der Waals surface area (Å²) in [5, 5.41) is 3.39. The van der Waals surface area contributed by atoms with Crippen LogP contribution < -0.4 is 9.62 Å². The van der Waals surface area contributed by atoms with Crippen molar-refractivity contribution >= 4 is 55.1 Å². The zero-order valence-corrected chi connectivity index (χ0v) is 24.1. The SMILES string of the molecule is CCC(C(=O)NC(C)(C)C)N(Cc1ccccc1Cl)C(=O)CN(c1ccc(Br)c(C)c1)S(C)(=O)=O. The summed E-state index contributed by atoms with van der Waals surface area (Å²) in [5.74, 6) is -0.822. The number of anilines is 1. The molecule has 10 heteroatoms. The maximum atomic E-state index is 13.7. The number of aryl methyl sites for hydroxylation is 1. The highest BCUT2D eigenvalue weighted by Gasteiger charge is 2.33. The van der Waals surface area contributed by atoms with E-state index >= 15 is 0 Å². The number of amides is 2. The molecule has 1 atom stereocenters. The highest BCUT2D eigenvalue weighted by Crippen LogP contribution is 2.26. The van der Waals surface area contributed by atoms with Gasteiger partial charge in [-0.05, 0) is 69.5 Å². The van der Waals surface area contributed by atoms with Crippen LogP contribution in [0, 0.1) is 6.92 Å². The Bertz CT molecular complexity index is 1180. The maximum Gasteiger partial charge on any atom is 0.244 e. The second-order valence-electron chi connectivity index (χ2n) is 9.48. The number of carbonyl (C=O) groups is 2. The number of halogens is 2. The van der Waals surface area contributed by atoms with Crippen LogP contribution in [0.3, 0.4) is 0 Å². The number of benzene rings is 2. The minimum Gasteiger partial charge on any atom is -0.350 e. The molecule has 2 rings (SSSR count). The summed E-state index contributed by atoms with van der Waals surface area (Å²) in [4.78, 5) is 28.3. The lowest BCUT2D eigenvalue weighted by Crippen LogP contribution is -2.55. The molecule has 0 aromatic heterocycles. The minimum atomic E-state index is -3.79. The minimum absolute atomic E-state index is 0.0611. The van der Waals surface area contributed by atoms with Gasteiger partial charge in [0, 0.05) is 21.6 Å². The van der Waals surface area contributed by atoms with Gasteiger partial charge in [-0.15, -0.1) is 0 Å². The first-order chi connectivity index (χ1) is 16.1. The van der Waals surface area contributed by atoms with E-state index in [9.17, 15) is 18.0 Å². The topological polar surface area (TPSA) is 86.8 Å². The van der Waals surface area contributed by atoms with Crippen LogP contribution in [0.1, 0.15) is 45.2 Å². The molecule has 0 aliphatic carbocycles. The van der Waals surface area contributed by atoms with Crippen molar-refractivity contribution in [2.75, 3.05) is 17.1 Å². The van der Waals surface area contributed by atoms with Crippen LogP contribution in [0.25, 0.3) is 0 Å². The van der Waals surface area contributed by atoms with Gasteiger partial charge in [0.05, 0.1) is 11.9 Å². The predicted molar refractivity (Wildman–Crippen MR) is 145 cm³/mol. The second-order valence-corrected chi connectivity index (χ2v) is 12.6. The van der Waals surface area contributed by atoms with Crippen LogP contribution >= 0.6 is 27.5 Å². The average Bonchev–Trinajstić information content (AvgIpc) is 2.73. The molecule has 0 bridgehead atoms. The lowest BCUT2D eigenvalue weighted by Gasteiger charge is -2.34. The normalized spacial score (nSPS) is 12.7. The van der Waals surface area contributed by atoms with Crippen LogP contribution in [0.2, 0.25) is 5.02 Å². The van der Waals surface area contributed by atoms with E-state index in [0.717, 1.165) is 20.6 Å². The van der Waals surface area contributed by atoms with Crippen molar-refractivity contribution in [1.29, 1.82) is 0 Å². The van der Waals surface area contributed by atoms with Crippen molar-refractivity contribution in [3.05, 3.63) is 63.1 Å². The van der Waals surface area contributed by atoms with Crippen molar-refractivity contribution in [3.8, 4) is 0 Å². The molecule has 0 spiro atoms. The molecule has 0 saturated carbocycles. The zero-order valence-electron chi connectivity index (χ0n) is 20.9. The summed E-state index contributed by atoms with van der Waals surface area (Å²) in [7, 11) is -3.79. The third kappa shape index (κ3) is 8.22. The largest absolute Gasteiger partial charge is 0.350 e. The number of carbonyl (C=O) groups excluding carboxylic acids is 2. The van der Waals surface area contributed by atoms with Gasteiger partial charge >= 0.3 is 0 Å². The quantitative estimate of drug-likeness (QED) is 0.453. The molecule has 192 valence electrons. The summed E-state index contributed by atoms with van der Waals surface area (Å²) in [6.07, 6.45) is 1.40. The number of nitrogens with one attached hydrogen (secondary N) is 1. The average molecular weight is 587 g/mol. The van der Waals surface area contributed by atoms with Gasteiger partial charge in [-0.2, -0.15) is 0 Å². The van der Waals surface area contributed by atoms with Crippen LogP contribution in [-0.2, 0) is 26.2 Å². The van der Waals surface area contributed by atoms with Crippen LogP contribution in [0.15, 0.2) is 46.9 Å². The molecule has 0 fully saturated rings. The molecule has 0 aliphatic heterocycles. The predicted octanol–water partition coefficient (Wildman–Crippen LogP) is 4.90. The van der Waals surface area contributed by atoms with E-state index in [-0.39, 0.29) is 12.5 Å². The Balaban J connectivity index is 2.49. The van der Waals surface area contributed by atoms with E-state index in [1.807, 2.05) is 34.6 Å². The van der Waals surface area contributed by atoms with E-state index in [2.05, 4.69) is 21.2 Å². The molecule has 35 heavy (non-hydrogen) atoms. The van der Waals surface area contributed by atoms with E-state index < -0.39 is 34.1 Å². The summed E-state index contributed by atoms with van der Waals surface area (Å²) < 4.78 is 27.3. The summed E-state index contributed by atoms with van der Waals surface area (Å²) in [6.45, 7) is 8.84. The smallest absolute Gasteiger partial charge is 0.244 e. The lowest BCUT2D eigenvalue weighted by atomic mass is 10.1. The summed E-state index contributed by atoms with van der Waals surface area (Å²) in [6, 6.07) is 11.3. The van der Waals surface area contributed by atoms with E-state index in [0.29, 0.717) is 22.7 Å². The Morgan fingerprint density at radius 1 is 1.14 bits per heavy atom. The first-order valence-corrected chi connectivity index (χ1v) is 14.2. The highest BCUT2D eigenvalue weighted by atomic mass is 79.9. The Morgan fingerprint density at radius 3 is 2.29 bits per heavy atom. The number of nitrogens with zero attached hydrogens (tertiary/aromatic N) is 2. The molecule has 1 N–H and O–H groups in total. The first kappa shape index (κ1) is 29.1. The van der Waals surface area contributed by atoms with Crippen molar-refractivity contribution in [3.63, 3.8) is 0 Å². The Kier molecular flexibility index (Phi) is 9.79. The molecule has 0 aliphatic rings. The van der Waals surface area contributed by atoms with Crippen molar-refractivity contribution in [2.24, 2.45) is 0 Å². The molecular weight excluding hydrogens is 554 g/mol. The lowest BCUT2D eigenvalue weighted by molar-refractivity contribution is -0.141. The van der Waals surface area contributed by atoms with Gasteiger partial charge in [0.2, 0.25) is 21.8 Å². The maximum absolute atomic E-state index is 13.7. The van der Waals surface area contributed by atoms with Gasteiger partial charge in [0.15, 0.2) is 0 Å². The van der Waals surface area contributed by atoms with Gasteiger partial charge < -0.3 is 10.2 Å². The standard InChI is InChI=1S/C25H33BrClN3O4S/c1-7-22(24(32)28-25(3,4)5)29(15-18-10-8-9-11-21(18)27)23(31)16-30(35(6,33)34)19-12-13-20(26)17(2)14-19/h8-14,22H,7,15-16H2,1-6H3,(H,28,32). The van der Waals surface area contributed by atoms with Gasteiger partial charge in [-0.1, -0.05) is 52.7 Å². The Labute approximate surface area is 222 Å². The summed E-state index contributed by atoms with van der Waals surface area (Å²) >= 11 is 9.78. The van der Waals surface area contributed by atoms with Gasteiger partial charge in [-0.25, -0.2) is 8.42 Å². The number of hydrogen-bond donors (Lipinski definition) is 1. The van der Waals surface area contributed by atoms with Gasteiger partial charge in [0.25, 0.3) is 0 Å². The molecule has 2 aromatic carbocycles. The van der Waals surface area contributed by atoms with Crippen molar-refractivity contribution in [2.45, 2.75) is 59.2 Å². The Hall–Kier alpha value is -2.10. The number of sulfonamides is 1. The third-order valence-corrected chi connectivity index (χ3v) is 7.69. The molecule has 0 radical (unpaired) electrons. The Morgan fingerprint density at radius 2 is 1.77 bits per heavy atom. The molecule has 0 saturated heterocycles. The van der Waals surface area contributed by atoms with E-state index in [4.69, 9.17) is 11.6 Å². The van der Waals surface area contributed by atoms with Crippen LogP contribution in [0.4, 0.5) is 5.69 Å². The molecule has 1 unspecified atom stereocenters. The first-order valence-electron chi connectivity index (χ1n) is 11.2. The van der Waals surface area contributed by atoms with Gasteiger partial charge in [-0.3, -0.25) is 13.9 Å². The fourth-order valence-electron chi connectivity index (χ4n) is 3.58. The summed E-state index contributed by atoms with van der Waals surface area (Å²) in [5.41, 5.74) is 1.35. The van der Waals surface area contributed by atoms with E-state index in [1.165, 1.54) is 4.90 Å². The fourth-order valence-corrected chi connectivity index (χ4v) is 4.86. The molecule has 2 amide bonds. The van der Waals surface area contributed by atoms with Crippen molar-refractivity contribution < 1.29 is 18.0 Å². The molecule has 7 nitrogen and oxygen atoms in total. The second kappa shape index (κ2) is 11.8. The van der Waals surface area contributed by atoms with Gasteiger partial charge in [0.1, 0.15) is 12.6 Å².